The van der Waals surface area contributed by atoms with Crippen molar-refractivity contribution in [2.75, 3.05) is 6.54 Å². The standard InChI is InChI=1S/C18H24N4O/c1-17(2)13-21(12-15-8-5-4-6-9-15)16(23)18(3,20-17)14-22-11-7-10-19-22/h4-11,20H,12-14H2,1-3H3/t18-/m0/s1. The van der Waals surface area contributed by atoms with Crippen LogP contribution in [0, 0.1) is 0 Å². The fourth-order valence-corrected chi connectivity index (χ4v) is 3.49. The molecule has 1 N–H and O–H groups in total. The highest BCUT2D eigenvalue weighted by atomic mass is 16.2. The zero-order valence-corrected chi connectivity index (χ0v) is 14.0. The fourth-order valence-electron chi connectivity index (χ4n) is 3.49. The second-order valence-electron chi connectivity index (χ2n) is 7.19. The highest BCUT2D eigenvalue weighted by Crippen LogP contribution is 2.25. The van der Waals surface area contributed by atoms with E-state index in [1.54, 1.807) is 6.20 Å². The lowest BCUT2D eigenvalue weighted by Gasteiger charge is -2.48. The molecule has 1 aliphatic heterocycles. The van der Waals surface area contributed by atoms with Gasteiger partial charge in [-0.25, -0.2) is 0 Å². The molecular formula is C18H24N4O. The quantitative estimate of drug-likeness (QED) is 0.940. The topological polar surface area (TPSA) is 50.2 Å². The summed E-state index contributed by atoms with van der Waals surface area (Å²) >= 11 is 0. The number of amides is 1. The fraction of sp³-hybridized carbons (Fsp3) is 0.444. The van der Waals surface area contributed by atoms with Crippen LogP contribution in [-0.4, -0.2) is 38.2 Å². The molecule has 23 heavy (non-hydrogen) atoms. The monoisotopic (exact) mass is 312 g/mol. The van der Waals surface area contributed by atoms with Gasteiger partial charge in [0.05, 0.1) is 6.54 Å². The van der Waals surface area contributed by atoms with E-state index in [-0.39, 0.29) is 11.4 Å². The van der Waals surface area contributed by atoms with Crippen LogP contribution in [0.3, 0.4) is 0 Å². The molecule has 0 radical (unpaired) electrons. The van der Waals surface area contributed by atoms with Gasteiger partial charge in [0.1, 0.15) is 5.54 Å². The van der Waals surface area contributed by atoms with Crippen molar-refractivity contribution < 1.29 is 4.79 Å². The summed E-state index contributed by atoms with van der Waals surface area (Å²) in [5.41, 5.74) is 0.340. The molecular weight excluding hydrogens is 288 g/mol. The highest BCUT2D eigenvalue weighted by Gasteiger charge is 2.46. The maximum Gasteiger partial charge on any atom is 0.244 e. The van der Waals surface area contributed by atoms with E-state index >= 15 is 0 Å². The Hall–Kier alpha value is -2.14. The van der Waals surface area contributed by atoms with Crippen molar-refractivity contribution in [3.8, 4) is 0 Å². The summed E-state index contributed by atoms with van der Waals surface area (Å²) in [7, 11) is 0. The summed E-state index contributed by atoms with van der Waals surface area (Å²) in [6.45, 7) is 8.09. The molecule has 122 valence electrons. The summed E-state index contributed by atoms with van der Waals surface area (Å²) in [6, 6.07) is 12.0. The maximum absolute atomic E-state index is 13.1. The van der Waals surface area contributed by atoms with Crippen LogP contribution < -0.4 is 5.32 Å². The third-order valence-electron chi connectivity index (χ3n) is 4.21. The normalized spacial score (nSPS) is 24.0. The average Bonchev–Trinajstić information content (AvgIpc) is 2.97. The van der Waals surface area contributed by atoms with Gasteiger partial charge in [-0.2, -0.15) is 5.10 Å². The molecule has 5 nitrogen and oxygen atoms in total. The first-order chi connectivity index (χ1) is 10.9. The Balaban J connectivity index is 1.84. The Bertz CT molecular complexity index is 666. The molecule has 1 saturated heterocycles. The summed E-state index contributed by atoms with van der Waals surface area (Å²) in [5.74, 6) is 0.121. The van der Waals surface area contributed by atoms with Gasteiger partial charge in [0, 0.05) is 31.0 Å². The van der Waals surface area contributed by atoms with Crippen LogP contribution in [-0.2, 0) is 17.9 Å². The van der Waals surface area contributed by atoms with Gasteiger partial charge >= 0.3 is 0 Å². The highest BCUT2D eigenvalue weighted by molar-refractivity contribution is 5.87. The molecule has 0 bridgehead atoms. The Morgan fingerprint density at radius 2 is 1.91 bits per heavy atom. The van der Waals surface area contributed by atoms with Crippen LogP contribution in [0.4, 0.5) is 0 Å². The van der Waals surface area contributed by atoms with E-state index in [9.17, 15) is 4.79 Å². The lowest BCUT2D eigenvalue weighted by Crippen LogP contribution is -2.71. The van der Waals surface area contributed by atoms with Crippen molar-refractivity contribution in [2.45, 2.75) is 44.9 Å². The molecule has 1 amide bonds. The number of hydrogen-bond donors (Lipinski definition) is 1. The molecule has 1 aromatic heterocycles. The lowest BCUT2D eigenvalue weighted by molar-refractivity contribution is -0.146. The van der Waals surface area contributed by atoms with E-state index in [2.05, 4.69) is 36.4 Å². The van der Waals surface area contributed by atoms with Crippen molar-refractivity contribution in [2.24, 2.45) is 0 Å². The van der Waals surface area contributed by atoms with Gasteiger partial charge in [-0.1, -0.05) is 30.3 Å². The number of carbonyl (C=O) groups excluding carboxylic acids is 1. The minimum atomic E-state index is -0.664. The summed E-state index contributed by atoms with van der Waals surface area (Å²) < 4.78 is 1.81. The second-order valence-corrected chi connectivity index (χ2v) is 7.19. The first-order valence-electron chi connectivity index (χ1n) is 7.98. The Kier molecular flexibility index (Phi) is 3.98. The molecule has 1 aromatic carbocycles. The molecule has 5 heteroatoms. The van der Waals surface area contributed by atoms with Crippen LogP contribution >= 0.6 is 0 Å². The van der Waals surface area contributed by atoms with Gasteiger partial charge in [-0.05, 0) is 32.4 Å². The van der Waals surface area contributed by atoms with Crippen molar-refractivity contribution in [3.63, 3.8) is 0 Å². The first-order valence-corrected chi connectivity index (χ1v) is 7.98. The van der Waals surface area contributed by atoms with Gasteiger partial charge in [-0.15, -0.1) is 0 Å². The second kappa shape index (κ2) is 5.81. The van der Waals surface area contributed by atoms with Crippen molar-refractivity contribution in [1.29, 1.82) is 0 Å². The molecule has 2 aromatic rings. The third-order valence-corrected chi connectivity index (χ3v) is 4.21. The molecule has 0 spiro atoms. The van der Waals surface area contributed by atoms with Crippen LogP contribution in [0.15, 0.2) is 48.8 Å². The predicted octanol–water partition coefficient (Wildman–Crippen LogP) is 2.05. The smallest absolute Gasteiger partial charge is 0.244 e. The summed E-state index contributed by atoms with van der Waals surface area (Å²) in [5, 5.41) is 7.77. The number of piperazine rings is 1. The van der Waals surface area contributed by atoms with Crippen LogP contribution in [0.5, 0.6) is 0 Å². The largest absolute Gasteiger partial charge is 0.335 e. The average molecular weight is 312 g/mol. The zero-order valence-electron chi connectivity index (χ0n) is 14.0. The summed E-state index contributed by atoms with van der Waals surface area (Å²) in [4.78, 5) is 15.0. The molecule has 1 fully saturated rings. The SMILES string of the molecule is CC1(C)CN(Cc2ccccc2)C(=O)[C@](C)(Cn2cccn2)N1. The molecule has 3 rings (SSSR count). The molecule has 0 aliphatic carbocycles. The zero-order chi connectivity index (χ0) is 16.5. The number of nitrogens with zero attached hydrogens (tertiary/aromatic N) is 3. The van der Waals surface area contributed by atoms with Crippen molar-refractivity contribution in [3.05, 3.63) is 54.4 Å². The number of hydrogen-bond acceptors (Lipinski definition) is 3. The minimum Gasteiger partial charge on any atom is -0.335 e. The van der Waals surface area contributed by atoms with Gasteiger partial charge in [0.15, 0.2) is 0 Å². The van der Waals surface area contributed by atoms with Gasteiger partial charge in [0.2, 0.25) is 5.91 Å². The number of benzene rings is 1. The van der Waals surface area contributed by atoms with Gasteiger partial charge in [0.25, 0.3) is 0 Å². The minimum absolute atomic E-state index is 0.121. The van der Waals surface area contributed by atoms with E-state index in [1.807, 2.05) is 47.0 Å². The van der Waals surface area contributed by atoms with Crippen LogP contribution in [0.1, 0.15) is 26.3 Å². The van der Waals surface area contributed by atoms with E-state index in [4.69, 9.17) is 0 Å². The van der Waals surface area contributed by atoms with E-state index in [0.717, 1.165) is 5.56 Å². The molecule has 1 aliphatic rings. The van der Waals surface area contributed by atoms with Gasteiger partial charge < -0.3 is 4.90 Å². The van der Waals surface area contributed by atoms with Crippen LogP contribution in [0.25, 0.3) is 0 Å². The first kappa shape index (κ1) is 15.7. The number of rotatable bonds is 4. The molecule has 0 unspecified atom stereocenters. The Labute approximate surface area is 137 Å². The maximum atomic E-state index is 13.1. The van der Waals surface area contributed by atoms with Gasteiger partial charge in [-0.3, -0.25) is 14.8 Å². The van der Waals surface area contributed by atoms with E-state index in [0.29, 0.717) is 19.6 Å². The van der Waals surface area contributed by atoms with Crippen molar-refractivity contribution >= 4 is 5.91 Å². The van der Waals surface area contributed by atoms with E-state index < -0.39 is 5.54 Å². The third kappa shape index (κ3) is 3.45. The molecule has 2 heterocycles. The van der Waals surface area contributed by atoms with Crippen molar-refractivity contribution in [1.82, 2.24) is 20.0 Å². The lowest BCUT2D eigenvalue weighted by atomic mass is 9.88. The Morgan fingerprint density at radius 3 is 2.57 bits per heavy atom. The van der Waals surface area contributed by atoms with E-state index in [1.165, 1.54) is 0 Å². The predicted molar refractivity (Wildman–Crippen MR) is 89.7 cm³/mol. The number of carbonyl (C=O) groups is 1. The van der Waals surface area contributed by atoms with Crippen LogP contribution in [0.2, 0.25) is 0 Å². The Morgan fingerprint density at radius 1 is 1.17 bits per heavy atom. The number of aromatic nitrogens is 2. The number of nitrogens with one attached hydrogen (secondary N) is 1. The summed E-state index contributed by atoms with van der Waals surface area (Å²) in [6.07, 6.45) is 3.63. The molecule has 1 atom stereocenters. The molecule has 0 saturated carbocycles.